The van der Waals surface area contributed by atoms with Gasteiger partial charge in [0, 0.05) is 19.1 Å². The Kier molecular flexibility index (Phi) is 4.37. The highest BCUT2D eigenvalue weighted by atomic mass is 32.1. The molecule has 6 nitrogen and oxygen atoms in total. The van der Waals surface area contributed by atoms with Crippen molar-refractivity contribution in [3.05, 3.63) is 53.6 Å². The van der Waals surface area contributed by atoms with Gasteiger partial charge < -0.3 is 4.90 Å². The molecule has 2 aromatic carbocycles. The van der Waals surface area contributed by atoms with Gasteiger partial charge in [-0.1, -0.05) is 18.2 Å². The van der Waals surface area contributed by atoms with Crippen LogP contribution in [0, 0.1) is 11.3 Å². The number of amides is 1. The molecule has 1 unspecified atom stereocenters. The summed E-state index contributed by atoms with van der Waals surface area (Å²) >= 11 is 1.21. The van der Waals surface area contributed by atoms with E-state index in [4.69, 9.17) is 0 Å². The second kappa shape index (κ2) is 6.83. The van der Waals surface area contributed by atoms with E-state index in [0.717, 1.165) is 16.6 Å². The van der Waals surface area contributed by atoms with E-state index in [9.17, 15) is 10.1 Å². The lowest BCUT2D eigenvalue weighted by molar-refractivity contribution is -0.122. The minimum absolute atomic E-state index is 0.0159. The van der Waals surface area contributed by atoms with Gasteiger partial charge in [-0.15, -0.1) is 0 Å². The highest BCUT2D eigenvalue weighted by molar-refractivity contribution is 7.00. The number of fused-ring (bicyclic) bond motifs is 1. The van der Waals surface area contributed by atoms with Crippen LogP contribution < -0.4 is 4.90 Å². The molecule has 4 rings (SSSR count). The highest BCUT2D eigenvalue weighted by Gasteiger charge is 2.31. The van der Waals surface area contributed by atoms with Crippen LogP contribution in [0.1, 0.15) is 18.1 Å². The second-order valence-electron chi connectivity index (χ2n) is 6.47. The summed E-state index contributed by atoms with van der Waals surface area (Å²) in [7, 11) is 0. The number of hydrogen-bond donors (Lipinski definition) is 0. The molecule has 0 bridgehead atoms. The van der Waals surface area contributed by atoms with Crippen LogP contribution in [0.3, 0.4) is 0 Å². The van der Waals surface area contributed by atoms with Crippen LogP contribution in [-0.4, -0.2) is 38.7 Å². The van der Waals surface area contributed by atoms with Crippen molar-refractivity contribution in [2.24, 2.45) is 0 Å². The maximum absolute atomic E-state index is 12.7. The van der Waals surface area contributed by atoms with Gasteiger partial charge in [0.2, 0.25) is 5.91 Å². The zero-order valence-corrected chi connectivity index (χ0v) is 15.1. The second-order valence-corrected chi connectivity index (χ2v) is 7.00. The third-order valence-electron chi connectivity index (χ3n) is 4.73. The average Bonchev–Trinajstić information content (AvgIpc) is 3.12. The number of piperazine rings is 1. The number of carbonyl (C=O) groups is 1. The van der Waals surface area contributed by atoms with Gasteiger partial charge in [0.05, 0.1) is 29.5 Å². The van der Waals surface area contributed by atoms with Gasteiger partial charge in [0.25, 0.3) is 0 Å². The van der Waals surface area contributed by atoms with E-state index in [2.05, 4.69) is 26.6 Å². The largest absolute Gasteiger partial charge is 0.308 e. The molecule has 0 spiro atoms. The Morgan fingerprint density at radius 3 is 2.88 bits per heavy atom. The van der Waals surface area contributed by atoms with Gasteiger partial charge in [-0.05, 0) is 36.8 Å². The molecule has 1 amide bonds. The summed E-state index contributed by atoms with van der Waals surface area (Å²) in [6.45, 7) is 3.69. The zero-order valence-electron chi connectivity index (χ0n) is 14.3. The molecule has 1 saturated heterocycles. The summed E-state index contributed by atoms with van der Waals surface area (Å²) in [4.78, 5) is 16.6. The first-order valence-electron chi connectivity index (χ1n) is 8.40. The summed E-state index contributed by atoms with van der Waals surface area (Å²) in [6, 6.07) is 15.7. The van der Waals surface area contributed by atoms with Gasteiger partial charge in [-0.25, -0.2) is 0 Å². The minimum Gasteiger partial charge on any atom is -0.308 e. The quantitative estimate of drug-likeness (QED) is 0.715. The predicted molar refractivity (Wildman–Crippen MR) is 101 cm³/mol. The highest BCUT2D eigenvalue weighted by Crippen LogP contribution is 2.25. The fraction of sp³-hybridized carbons (Fsp3) is 0.263. The monoisotopic (exact) mass is 363 g/mol. The first-order valence-corrected chi connectivity index (χ1v) is 9.13. The van der Waals surface area contributed by atoms with Crippen molar-refractivity contribution in [1.82, 2.24) is 13.6 Å². The van der Waals surface area contributed by atoms with E-state index in [1.807, 2.05) is 36.4 Å². The van der Waals surface area contributed by atoms with Crippen molar-refractivity contribution in [1.29, 1.82) is 5.26 Å². The van der Waals surface area contributed by atoms with Gasteiger partial charge in [0.1, 0.15) is 17.1 Å². The van der Waals surface area contributed by atoms with Crippen molar-refractivity contribution < 1.29 is 4.79 Å². The summed E-state index contributed by atoms with van der Waals surface area (Å²) in [6.07, 6.45) is 0. The number of para-hydroxylation sites is 1. The Balaban J connectivity index is 1.53. The van der Waals surface area contributed by atoms with Crippen molar-refractivity contribution in [3.63, 3.8) is 0 Å². The maximum Gasteiger partial charge on any atom is 0.241 e. The van der Waals surface area contributed by atoms with Crippen LogP contribution in [0.4, 0.5) is 5.69 Å². The zero-order chi connectivity index (χ0) is 18.1. The van der Waals surface area contributed by atoms with Crippen molar-refractivity contribution in [3.8, 4) is 6.07 Å². The molecular weight excluding hydrogens is 346 g/mol. The van der Waals surface area contributed by atoms with E-state index in [1.165, 1.54) is 11.7 Å². The molecule has 1 fully saturated rings. The SMILES string of the molecule is CC1CN(c2ccccc2C#N)C(=O)CN1Cc1ccc2nsnc2c1. The molecule has 26 heavy (non-hydrogen) atoms. The van der Waals surface area contributed by atoms with E-state index in [0.29, 0.717) is 30.9 Å². The predicted octanol–water partition coefficient (Wildman–Crippen LogP) is 2.80. The molecule has 130 valence electrons. The van der Waals surface area contributed by atoms with Crippen LogP contribution in [0.2, 0.25) is 0 Å². The first-order chi connectivity index (χ1) is 12.7. The van der Waals surface area contributed by atoms with Crippen molar-refractivity contribution >= 4 is 34.4 Å². The number of hydrogen-bond acceptors (Lipinski definition) is 6. The van der Waals surface area contributed by atoms with Crippen LogP contribution in [0.15, 0.2) is 42.5 Å². The van der Waals surface area contributed by atoms with E-state index < -0.39 is 0 Å². The topological polar surface area (TPSA) is 73.1 Å². The number of carbonyl (C=O) groups excluding carboxylic acids is 1. The molecule has 1 aliphatic rings. The van der Waals surface area contributed by atoms with Gasteiger partial charge in [-0.2, -0.15) is 14.0 Å². The summed E-state index contributed by atoms with van der Waals surface area (Å²) in [5.41, 5.74) is 4.15. The van der Waals surface area contributed by atoms with Crippen LogP contribution in [0.5, 0.6) is 0 Å². The molecule has 2 heterocycles. The number of benzene rings is 2. The molecule has 0 N–H and O–H groups in total. The molecule has 1 aromatic heterocycles. The standard InChI is InChI=1S/C19H17N5OS/c1-13-10-24(18-5-3-2-4-15(18)9-20)19(25)12-23(13)11-14-6-7-16-17(8-14)22-26-21-16/h2-8,13H,10-12H2,1H3. The lowest BCUT2D eigenvalue weighted by atomic mass is 10.1. The molecular formula is C19H17N5OS. The van der Waals surface area contributed by atoms with Crippen LogP contribution in [-0.2, 0) is 11.3 Å². The molecule has 0 saturated carbocycles. The lowest BCUT2D eigenvalue weighted by Gasteiger charge is -2.39. The Morgan fingerprint density at radius 1 is 1.23 bits per heavy atom. The van der Waals surface area contributed by atoms with Gasteiger partial charge in [-0.3, -0.25) is 9.69 Å². The molecule has 7 heteroatoms. The Labute approximate surface area is 155 Å². The Bertz CT molecular complexity index is 1010. The van der Waals surface area contributed by atoms with Crippen LogP contribution >= 0.6 is 11.7 Å². The van der Waals surface area contributed by atoms with E-state index in [-0.39, 0.29) is 11.9 Å². The van der Waals surface area contributed by atoms with Gasteiger partial charge >= 0.3 is 0 Å². The number of rotatable bonds is 3. The Morgan fingerprint density at radius 2 is 2.04 bits per heavy atom. The lowest BCUT2D eigenvalue weighted by Crippen LogP contribution is -2.55. The molecule has 0 radical (unpaired) electrons. The smallest absolute Gasteiger partial charge is 0.241 e. The Hall–Kier alpha value is -2.82. The van der Waals surface area contributed by atoms with Crippen molar-refractivity contribution in [2.75, 3.05) is 18.0 Å². The van der Waals surface area contributed by atoms with E-state index in [1.54, 1.807) is 11.0 Å². The summed E-state index contributed by atoms with van der Waals surface area (Å²) in [5, 5.41) is 9.31. The molecule has 1 aliphatic heterocycles. The number of nitrogens with zero attached hydrogens (tertiary/aromatic N) is 5. The molecule has 0 aliphatic carbocycles. The average molecular weight is 363 g/mol. The van der Waals surface area contributed by atoms with E-state index >= 15 is 0 Å². The maximum atomic E-state index is 12.7. The van der Waals surface area contributed by atoms with Crippen molar-refractivity contribution in [2.45, 2.75) is 19.5 Å². The fourth-order valence-corrected chi connectivity index (χ4v) is 3.82. The number of nitriles is 1. The number of anilines is 1. The van der Waals surface area contributed by atoms with Gasteiger partial charge in [0.15, 0.2) is 0 Å². The minimum atomic E-state index is 0.0159. The summed E-state index contributed by atoms with van der Waals surface area (Å²) in [5.74, 6) is 0.0159. The first kappa shape index (κ1) is 16.6. The normalized spacial score (nSPS) is 18.2. The molecule has 1 atom stereocenters. The summed E-state index contributed by atoms with van der Waals surface area (Å²) < 4.78 is 8.51. The van der Waals surface area contributed by atoms with Crippen LogP contribution in [0.25, 0.3) is 11.0 Å². The number of aromatic nitrogens is 2. The third kappa shape index (κ3) is 3.05. The fourth-order valence-electron chi connectivity index (χ4n) is 3.30. The molecule has 3 aromatic rings. The third-order valence-corrected chi connectivity index (χ3v) is 5.29.